The van der Waals surface area contributed by atoms with Gasteiger partial charge < -0.3 is 19.4 Å². The van der Waals surface area contributed by atoms with Crippen molar-refractivity contribution in [2.24, 2.45) is 7.05 Å². The lowest BCUT2D eigenvalue weighted by atomic mass is 10.1. The molecule has 2 heterocycles. The molecule has 0 fully saturated rings. The average Bonchev–Trinajstić information content (AvgIpc) is 3.26. The number of hydrogen-bond acceptors (Lipinski definition) is 8. The van der Waals surface area contributed by atoms with Crippen molar-refractivity contribution < 1.29 is 19.1 Å². The summed E-state index contributed by atoms with van der Waals surface area (Å²) >= 11 is 8.86. The molecule has 4 rings (SSSR count). The van der Waals surface area contributed by atoms with E-state index in [1.165, 1.54) is 30.2 Å². The molecule has 0 saturated heterocycles. The molecule has 0 saturated carbocycles. The number of rotatable bonds is 8. The van der Waals surface area contributed by atoms with Gasteiger partial charge in [-0.05, 0) is 43.4 Å². The summed E-state index contributed by atoms with van der Waals surface area (Å²) in [4.78, 5) is 26.3. The average molecular weight is 521 g/mol. The van der Waals surface area contributed by atoms with Crippen molar-refractivity contribution in [2.45, 2.75) is 43.9 Å². The number of halogens is 1. The minimum Gasteiger partial charge on any atom is -0.484 e. The van der Waals surface area contributed by atoms with Gasteiger partial charge in [0, 0.05) is 11.9 Å². The van der Waals surface area contributed by atoms with Crippen LogP contribution in [0.1, 0.15) is 45.9 Å². The van der Waals surface area contributed by atoms with E-state index in [1.807, 2.05) is 19.2 Å². The lowest BCUT2D eigenvalue weighted by Gasteiger charge is -2.08. The number of thiophene rings is 1. The number of fused-ring (bicyclic) bond motifs is 1. The summed E-state index contributed by atoms with van der Waals surface area (Å²) < 4.78 is 12.5. The third kappa shape index (κ3) is 5.56. The lowest BCUT2D eigenvalue weighted by Crippen LogP contribution is -2.16. The Bertz CT molecular complexity index is 1190. The number of aryl methyl sites for hydroxylation is 1. The molecule has 34 heavy (non-hydrogen) atoms. The highest BCUT2D eigenvalue weighted by molar-refractivity contribution is 7.99. The molecule has 2 aromatic heterocycles. The normalized spacial score (nSPS) is 13.1. The van der Waals surface area contributed by atoms with Crippen LogP contribution in [0, 0.1) is 0 Å². The Balaban J connectivity index is 1.38. The van der Waals surface area contributed by atoms with E-state index in [9.17, 15) is 9.59 Å². The number of amides is 1. The molecule has 1 aliphatic carbocycles. The molecule has 0 radical (unpaired) electrons. The third-order valence-electron chi connectivity index (χ3n) is 5.51. The second kappa shape index (κ2) is 11.2. The maximum Gasteiger partial charge on any atom is 0.341 e. The molecule has 1 aromatic carbocycles. The van der Waals surface area contributed by atoms with E-state index in [4.69, 9.17) is 21.1 Å². The van der Waals surface area contributed by atoms with Gasteiger partial charge in [0.1, 0.15) is 17.4 Å². The smallest absolute Gasteiger partial charge is 0.341 e. The fraction of sp³-hybridized carbons (Fsp3) is 0.391. The van der Waals surface area contributed by atoms with Crippen LogP contribution in [0.5, 0.6) is 5.75 Å². The minimum absolute atomic E-state index is 0.126. The number of anilines is 1. The van der Waals surface area contributed by atoms with Gasteiger partial charge in [-0.25, -0.2) is 4.79 Å². The zero-order valence-electron chi connectivity index (χ0n) is 18.9. The van der Waals surface area contributed by atoms with Crippen molar-refractivity contribution >= 4 is 51.6 Å². The predicted molar refractivity (Wildman–Crippen MR) is 133 cm³/mol. The highest BCUT2D eigenvalue weighted by atomic mass is 35.5. The van der Waals surface area contributed by atoms with Crippen molar-refractivity contribution in [3.63, 3.8) is 0 Å². The first kappa shape index (κ1) is 24.6. The second-order valence-corrected chi connectivity index (χ2v) is 10.2. The number of aromatic nitrogens is 3. The van der Waals surface area contributed by atoms with Gasteiger partial charge in [0.25, 0.3) is 0 Å². The Morgan fingerprint density at radius 3 is 2.79 bits per heavy atom. The lowest BCUT2D eigenvalue weighted by molar-refractivity contribution is -0.113. The number of carbonyl (C=O) groups is 2. The highest BCUT2D eigenvalue weighted by Crippen LogP contribution is 2.38. The maximum absolute atomic E-state index is 12.7. The monoisotopic (exact) mass is 520 g/mol. The van der Waals surface area contributed by atoms with Crippen LogP contribution in [0.4, 0.5) is 5.00 Å². The standard InChI is InChI=1S/C23H25ClN4O4S2/c1-28-18(12-32-16-10-7-6-9-15(16)24)26-27-23(28)33-13-19(29)25-21-20(22(30)31-2)14-8-4-3-5-11-17(14)34-21/h6-7,9-10H,3-5,8,11-13H2,1-2H3,(H,25,29). The van der Waals surface area contributed by atoms with Gasteiger partial charge in [-0.3, -0.25) is 4.79 Å². The van der Waals surface area contributed by atoms with Crippen LogP contribution in [0.25, 0.3) is 0 Å². The number of nitrogens with zero attached hydrogens (tertiary/aromatic N) is 3. The SMILES string of the molecule is COC(=O)c1c(NC(=O)CSc2nnc(COc3ccccc3Cl)n2C)sc2c1CCCCC2. The zero-order valence-corrected chi connectivity index (χ0v) is 21.3. The van der Waals surface area contributed by atoms with Gasteiger partial charge in [0.15, 0.2) is 11.0 Å². The van der Waals surface area contributed by atoms with Crippen LogP contribution in [0.15, 0.2) is 29.4 Å². The first-order chi connectivity index (χ1) is 16.5. The van der Waals surface area contributed by atoms with Gasteiger partial charge >= 0.3 is 5.97 Å². The number of carbonyl (C=O) groups excluding carboxylic acids is 2. The van der Waals surface area contributed by atoms with E-state index < -0.39 is 5.97 Å². The Labute approximate surface area is 211 Å². The van der Waals surface area contributed by atoms with Crippen LogP contribution in [-0.2, 0) is 36.0 Å². The summed E-state index contributed by atoms with van der Waals surface area (Å²) in [6.07, 6.45) is 5.02. The van der Waals surface area contributed by atoms with E-state index >= 15 is 0 Å². The number of ether oxygens (including phenoxy) is 2. The topological polar surface area (TPSA) is 95.3 Å². The number of benzene rings is 1. The van der Waals surface area contributed by atoms with Crippen molar-refractivity contribution in [3.05, 3.63) is 51.1 Å². The largest absolute Gasteiger partial charge is 0.484 e. The number of hydrogen-bond donors (Lipinski definition) is 1. The van der Waals surface area contributed by atoms with Crippen molar-refractivity contribution in [2.75, 3.05) is 18.2 Å². The molecule has 0 aliphatic heterocycles. The number of thioether (sulfide) groups is 1. The summed E-state index contributed by atoms with van der Waals surface area (Å²) in [5, 5.41) is 12.9. The molecule has 1 amide bonds. The first-order valence-electron chi connectivity index (χ1n) is 10.9. The van der Waals surface area contributed by atoms with Gasteiger partial charge in [0.05, 0.1) is 23.4 Å². The van der Waals surface area contributed by atoms with Crippen molar-refractivity contribution in [1.29, 1.82) is 0 Å². The van der Waals surface area contributed by atoms with E-state index in [2.05, 4.69) is 15.5 Å². The van der Waals surface area contributed by atoms with Crippen LogP contribution in [-0.4, -0.2) is 39.5 Å². The molecule has 0 atom stereocenters. The van der Waals surface area contributed by atoms with Crippen LogP contribution in [0.3, 0.4) is 0 Å². The molecule has 0 unspecified atom stereocenters. The van der Waals surface area contributed by atoms with E-state index in [-0.39, 0.29) is 18.3 Å². The molecule has 1 N–H and O–H groups in total. The third-order valence-corrected chi connectivity index (χ3v) is 8.05. The molecular formula is C23H25ClN4O4S2. The summed E-state index contributed by atoms with van der Waals surface area (Å²) in [6.45, 7) is 0.198. The molecule has 180 valence electrons. The number of para-hydroxylation sites is 1. The summed E-state index contributed by atoms with van der Waals surface area (Å²) in [7, 11) is 3.18. The molecule has 8 nitrogen and oxygen atoms in total. The second-order valence-electron chi connectivity index (χ2n) is 7.77. The molecule has 1 aliphatic rings. The van der Waals surface area contributed by atoms with Crippen molar-refractivity contribution in [3.8, 4) is 5.75 Å². The number of esters is 1. The molecular weight excluding hydrogens is 496 g/mol. The predicted octanol–water partition coefficient (Wildman–Crippen LogP) is 4.90. The van der Waals surface area contributed by atoms with Crippen LogP contribution in [0.2, 0.25) is 5.02 Å². The Morgan fingerprint density at radius 2 is 2.00 bits per heavy atom. The summed E-state index contributed by atoms with van der Waals surface area (Å²) in [6, 6.07) is 7.21. The van der Waals surface area contributed by atoms with Crippen molar-refractivity contribution in [1.82, 2.24) is 14.8 Å². The maximum atomic E-state index is 12.7. The Kier molecular flexibility index (Phi) is 8.12. The molecule has 0 bridgehead atoms. The Morgan fingerprint density at radius 1 is 1.21 bits per heavy atom. The van der Waals surface area contributed by atoms with E-state index in [0.29, 0.717) is 32.3 Å². The van der Waals surface area contributed by atoms with Gasteiger partial charge in [0.2, 0.25) is 5.91 Å². The van der Waals surface area contributed by atoms with Gasteiger partial charge in [-0.2, -0.15) is 0 Å². The van der Waals surface area contributed by atoms with E-state index in [1.54, 1.807) is 16.7 Å². The summed E-state index contributed by atoms with van der Waals surface area (Å²) in [5.41, 5.74) is 1.52. The highest BCUT2D eigenvalue weighted by Gasteiger charge is 2.26. The molecule has 11 heteroatoms. The first-order valence-corrected chi connectivity index (χ1v) is 13.1. The fourth-order valence-electron chi connectivity index (χ4n) is 3.74. The van der Waals surface area contributed by atoms with Gasteiger partial charge in [-0.15, -0.1) is 21.5 Å². The number of nitrogens with one attached hydrogen (secondary N) is 1. The minimum atomic E-state index is -0.404. The number of methoxy groups -OCH3 is 1. The van der Waals surface area contributed by atoms with E-state index in [0.717, 1.165) is 42.5 Å². The van der Waals surface area contributed by atoms with Crippen LogP contribution >= 0.6 is 34.7 Å². The van der Waals surface area contributed by atoms with Crippen LogP contribution < -0.4 is 10.1 Å². The molecule has 3 aromatic rings. The van der Waals surface area contributed by atoms with Gasteiger partial charge in [-0.1, -0.05) is 41.9 Å². The summed E-state index contributed by atoms with van der Waals surface area (Å²) in [5.74, 6) is 0.678. The quantitative estimate of drug-likeness (QED) is 0.256. The Hall–Kier alpha value is -2.56. The zero-order chi connectivity index (χ0) is 24.1. The fourth-order valence-corrected chi connectivity index (χ4v) is 5.96. The molecule has 0 spiro atoms.